The van der Waals surface area contributed by atoms with Crippen molar-refractivity contribution in [2.24, 2.45) is 5.41 Å². The molecule has 0 aliphatic heterocycles. The third-order valence-corrected chi connectivity index (χ3v) is 4.13. The summed E-state index contributed by atoms with van der Waals surface area (Å²) >= 11 is 0. The van der Waals surface area contributed by atoms with E-state index in [0.29, 0.717) is 0 Å². The molecule has 0 aliphatic carbocycles. The fourth-order valence-electron chi connectivity index (χ4n) is 2.63. The van der Waals surface area contributed by atoms with Gasteiger partial charge < -0.3 is 14.2 Å². The first kappa shape index (κ1) is 21.2. The Hall–Kier alpha value is -2.09. The largest absolute Gasteiger partial charge is 0.352 e. The highest BCUT2D eigenvalue weighted by molar-refractivity contribution is 5.99. The molecule has 1 atom stereocenters. The molecule has 27 heavy (non-hydrogen) atoms. The van der Waals surface area contributed by atoms with Crippen molar-refractivity contribution in [3.8, 4) is 0 Å². The molecule has 0 radical (unpaired) electrons. The Morgan fingerprint density at radius 3 is 2.30 bits per heavy atom. The number of Topliss-reactive ketones (excluding diaryl/α,β-unsaturated/α-hetero) is 1. The fourth-order valence-corrected chi connectivity index (χ4v) is 2.63. The van der Waals surface area contributed by atoms with E-state index in [1.165, 1.54) is 18.9 Å². The topological polar surface area (TPSA) is 62.6 Å². The van der Waals surface area contributed by atoms with Crippen molar-refractivity contribution >= 4 is 5.78 Å². The van der Waals surface area contributed by atoms with E-state index in [9.17, 15) is 9.18 Å². The minimum Gasteiger partial charge on any atom is -0.324 e. The van der Waals surface area contributed by atoms with Crippen LogP contribution in [0.25, 0.3) is 0 Å². The lowest BCUT2D eigenvalue weighted by atomic mass is 9.98. The molecule has 0 saturated heterocycles. The normalized spacial score (nSPS) is 13.6. The highest BCUT2D eigenvalue weighted by atomic mass is 19.1. The van der Waals surface area contributed by atoms with Crippen LogP contribution in [0.3, 0.4) is 0 Å². The summed E-state index contributed by atoms with van der Waals surface area (Å²) in [7, 11) is 2.56. The predicted molar refractivity (Wildman–Crippen MR) is 98.9 cm³/mol. The number of halogens is 1. The molecule has 6 nitrogen and oxygen atoms in total. The zero-order valence-electron chi connectivity index (χ0n) is 16.7. The van der Waals surface area contributed by atoms with Gasteiger partial charge in [0.05, 0.1) is 18.8 Å². The van der Waals surface area contributed by atoms with Crippen LogP contribution in [0.2, 0.25) is 0 Å². The van der Waals surface area contributed by atoms with Crippen LogP contribution >= 0.6 is 0 Å². The van der Waals surface area contributed by atoms with Gasteiger partial charge in [0.2, 0.25) is 0 Å². The van der Waals surface area contributed by atoms with E-state index in [-0.39, 0.29) is 23.8 Å². The zero-order chi connectivity index (χ0) is 20.2. The molecule has 1 aromatic carbocycles. The highest BCUT2D eigenvalue weighted by Gasteiger charge is 2.46. The van der Waals surface area contributed by atoms with Gasteiger partial charge in [-0.05, 0) is 17.9 Å². The van der Waals surface area contributed by atoms with Gasteiger partial charge in [-0.2, -0.15) is 5.10 Å². The quantitative estimate of drug-likeness (QED) is 0.516. The lowest BCUT2D eigenvalue weighted by molar-refractivity contribution is -0.329. The number of aromatic nitrogens is 2. The Labute approximate surface area is 159 Å². The fraction of sp³-hybridized carbons (Fsp3) is 0.500. The zero-order valence-corrected chi connectivity index (χ0v) is 16.7. The van der Waals surface area contributed by atoms with Gasteiger partial charge in [0.15, 0.2) is 5.82 Å². The van der Waals surface area contributed by atoms with Crippen molar-refractivity contribution in [3.63, 3.8) is 0 Å². The Morgan fingerprint density at radius 2 is 1.78 bits per heavy atom. The van der Waals surface area contributed by atoms with Crippen LogP contribution in [-0.4, -0.2) is 42.4 Å². The number of hydrogen-bond donors (Lipinski definition) is 0. The van der Waals surface area contributed by atoms with Crippen LogP contribution in [0.1, 0.15) is 49.8 Å². The maximum Gasteiger partial charge on any atom is 0.352 e. The van der Waals surface area contributed by atoms with Gasteiger partial charge in [0, 0.05) is 14.2 Å². The second-order valence-electron chi connectivity index (χ2n) is 7.52. The summed E-state index contributed by atoms with van der Waals surface area (Å²) in [6.45, 7) is 7.82. The van der Waals surface area contributed by atoms with Crippen molar-refractivity contribution < 1.29 is 23.4 Å². The molecule has 0 unspecified atom stereocenters. The summed E-state index contributed by atoms with van der Waals surface area (Å²) in [5.41, 5.74) is 0.369. The molecular weight excluding hydrogens is 351 g/mol. The minimum atomic E-state index is -2.05. The molecule has 1 aromatic heterocycles. The van der Waals surface area contributed by atoms with E-state index in [1.54, 1.807) is 0 Å². The Balaban J connectivity index is 2.43. The second-order valence-corrected chi connectivity index (χ2v) is 7.52. The van der Waals surface area contributed by atoms with E-state index in [1.807, 2.05) is 58.0 Å². The van der Waals surface area contributed by atoms with E-state index >= 15 is 0 Å². The SMILES string of the molecule is COC(OC)(OCC(C)(C)C)C(=O)c1c(F)cnn1[C@H](C)c1ccccc1. The summed E-state index contributed by atoms with van der Waals surface area (Å²) in [4.78, 5) is 13.2. The van der Waals surface area contributed by atoms with Crippen LogP contribution in [0.5, 0.6) is 0 Å². The van der Waals surface area contributed by atoms with Gasteiger partial charge in [0.1, 0.15) is 5.69 Å². The van der Waals surface area contributed by atoms with Crippen molar-refractivity contribution in [3.05, 3.63) is 53.6 Å². The van der Waals surface area contributed by atoms with Gasteiger partial charge in [-0.3, -0.25) is 9.48 Å². The minimum absolute atomic E-state index is 0.171. The third kappa shape index (κ3) is 4.61. The first-order valence-electron chi connectivity index (χ1n) is 8.72. The lowest BCUT2D eigenvalue weighted by Crippen LogP contribution is -2.48. The summed E-state index contributed by atoms with van der Waals surface area (Å²) < 4.78 is 32.1. The molecule has 0 N–H and O–H groups in total. The number of carbonyl (C=O) groups is 1. The molecule has 0 bridgehead atoms. The molecule has 0 saturated carbocycles. The van der Waals surface area contributed by atoms with Crippen molar-refractivity contribution in [1.82, 2.24) is 9.78 Å². The standard InChI is InChI=1S/C20H27FN2O4/c1-14(15-10-8-7-9-11-15)23-17(16(21)12-22-23)18(24)20(25-5,26-6)27-13-19(2,3)4/h7-12,14H,13H2,1-6H3/t14-/m1/s1. The van der Waals surface area contributed by atoms with Gasteiger partial charge in [-0.15, -0.1) is 0 Å². The van der Waals surface area contributed by atoms with Gasteiger partial charge in [-0.25, -0.2) is 4.39 Å². The van der Waals surface area contributed by atoms with Gasteiger partial charge in [0.25, 0.3) is 5.78 Å². The first-order valence-corrected chi connectivity index (χ1v) is 8.72. The molecule has 148 valence electrons. The predicted octanol–water partition coefficient (Wildman–Crippen LogP) is 3.82. The summed E-state index contributed by atoms with van der Waals surface area (Å²) in [6, 6.07) is 9.02. The number of hydrogen-bond acceptors (Lipinski definition) is 5. The summed E-state index contributed by atoms with van der Waals surface area (Å²) in [6.07, 6.45) is 1.01. The average Bonchev–Trinajstić information content (AvgIpc) is 3.03. The van der Waals surface area contributed by atoms with E-state index in [4.69, 9.17) is 14.2 Å². The average molecular weight is 378 g/mol. The highest BCUT2D eigenvalue weighted by Crippen LogP contribution is 2.28. The van der Waals surface area contributed by atoms with E-state index < -0.39 is 17.6 Å². The molecule has 0 aliphatic rings. The van der Waals surface area contributed by atoms with Crippen LogP contribution in [-0.2, 0) is 14.2 Å². The Morgan fingerprint density at radius 1 is 1.19 bits per heavy atom. The van der Waals surface area contributed by atoms with E-state index in [2.05, 4.69) is 5.10 Å². The van der Waals surface area contributed by atoms with Crippen LogP contribution in [0.15, 0.2) is 36.5 Å². The molecule has 2 rings (SSSR count). The monoisotopic (exact) mass is 378 g/mol. The summed E-state index contributed by atoms with van der Waals surface area (Å²) in [5.74, 6) is -3.60. The number of nitrogens with zero attached hydrogens (tertiary/aromatic N) is 2. The number of methoxy groups -OCH3 is 2. The molecule has 7 heteroatoms. The lowest BCUT2D eigenvalue weighted by Gasteiger charge is -2.32. The number of ketones is 1. The molecule has 2 aromatic rings. The number of carbonyl (C=O) groups excluding carboxylic acids is 1. The molecular formula is C20H27FN2O4. The van der Waals surface area contributed by atoms with E-state index in [0.717, 1.165) is 11.8 Å². The van der Waals surface area contributed by atoms with Gasteiger partial charge in [-0.1, -0.05) is 51.1 Å². The molecule has 0 fully saturated rings. The van der Waals surface area contributed by atoms with Crippen LogP contribution in [0.4, 0.5) is 4.39 Å². The second kappa shape index (κ2) is 8.29. The van der Waals surface area contributed by atoms with Crippen molar-refractivity contribution in [2.75, 3.05) is 20.8 Å². The maximum absolute atomic E-state index is 14.5. The molecule has 0 spiro atoms. The van der Waals surface area contributed by atoms with Crippen molar-refractivity contribution in [2.45, 2.75) is 39.7 Å². The number of rotatable bonds is 8. The Bertz CT molecular complexity index is 764. The van der Waals surface area contributed by atoms with Crippen LogP contribution < -0.4 is 0 Å². The number of ether oxygens (including phenoxy) is 3. The third-order valence-electron chi connectivity index (χ3n) is 4.13. The molecule has 1 heterocycles. The first-order chi connectivity index (χ1) is 12.6. The summed E-state index contributed by atoms with van der Waals surface area (Å²) in [5, 5.41) is 4.06. The van der Waals surface area contributed by atoms with Crippen molar-refractivity contribution in [1.29, 1.82) is 0 Å². The Kier molecular flexibility index (Phi) is 6.51. The van der Waals surface area contributed by atoms with Crippen LogP contribution in [0, 0.1) is 11.2 Å². The number of benzene rings is 1. The molecule has 0 amide bonds. The smallest absolute Gasteiger partial charge is 0.324 e. The maximum atomic E-state index is 14.5. The van der Waals surface area contributed by atoms with Gasteiger partial charge >= 0.3 is 5.97 Å².